The SMILES string of the molecule is CSC(SC)=C(C(=O)OC(C)(C)C)S(=O)(=O)c1ccccc1. The number of rotatable bonds is 5. The monoisotopic (exact) mass is 360 g/mol. The van der Waals surface area contributed by atoms with Crippen LogP contribution in [-0.2, 0) is 19.4 Å². The van der Waals surface area contributed by atoms with Gasteiger partial charge < -0.3 is 4.74 Å². The Morgan fingerprint density at radius 3 is 1.95 bits per heavy atom. The van der Waals surface area contributed by atoms with Crippen molar-refractivity contribution in [3.8, 4) is 0 Å². The molecule has 0 aliphatic heterocycles. The zero-order valence-electron chi connectivity index (χ0n) is 13.2. The predicted molar refractivity (Wildman–Crippen MR) is 93.5 cm³/mol. The van der Waals surface area contributed by atoms with Crippen LogP contribution in [0.25, 0.3) is 0 Å². The number of hydrogen-bond donors (Lipinski definition) is 0. The number of sulfone groups is 1. The topological polar surface area (TPSA) is 60.4 Å². The third kappa shape index (κ3) is 4.79. The molecule has 7 heteroatoms. The van der Waals surface area contributed by atoms with Gasteiger partial charge in [-0.1, -0.05) is 18.2 Å². The van der Waals surface area contributed by atoms with E-state index in [1.54, 1.807) is 51.5 Å². The van der Waals surface area contributed by atoms with Crippen molar-refractivity contribution in [2.75, 3.05) is 12.5 Å². The molecule has 0 spiro atoms. The van der Waals surface area contributed by atoms with Gasteiger partial charge in [-0.2, -0.15) is 0 Å². The average Bonchev–Trinajstić information content (AvgIpc) is 2.43. The molecule has 0 bridgehead atoms. The molecule has 0 saturated carbocycles. The Hall–Kier alpha value is -0.920. The minimum absolute atomic E-state index is 0.0801. The molecule has 1 aromatic carbocycles. The van der Waals surface area contributed by atoms with Crippen LogP contribution in [0.15, 0.2) is 44.4 Å². The molecule has 0 fully saturated rings. The average molecular weight is 361 g/mol. The Bertz CT molecular complexity index is 650. The lowest BCUT2D eigenvalue weighted by Gasteiger charge is -2.21. The molecular formula is C15H20O4S3. The van der Waals surface area contributed by atoms with Gasteiger partial charge >= 0.3 is 5.97 Å². The van der Waals surface area contributed by atoms with Crippen molar-refractivity contribution >= 4 is 39.3 Å². The number of esters is 1. The fraction of sp³-hybridized carbons (Fsp3) is 0.400. The molecule has 22 heavy (non-hydrogen) atoms. The zero-order valence-corrected chi connectivity index (χ0v) is 15.7. The minimum Gasteiger partial charge on any atom is -0.456 e. The van der Waals surface area contributed by atoms with Gasteiger partial charge in [0.15, 0.2) is 4.91 Å². The second kappa shape index (κ2) is 7.57. The van der Waals surface area contributed by atoms with Crippen LogP contribution in [0.4, 0.5) is 0 Å². The van der Waals surface area contributed by atoms with E-state index in [9.17, 15) is 13.2 Å². The van der Waals surface area contributed by atoms with Crippen LogP contribution in [0, 0.1) is 0 Å². The van der Waals surface area contributed by atoms with Crippen molar-refractivity contribution in [2.45, 2.75) is 31.3 Å². The van der Waals surface area contributed by atoms with Gasteiger partial charge in [-0.25, -0.2) is 13.2 Å². The van der Waals surface area contributed by atoms with Crippen LogP contribution in [-0.4, -0.2) is 32.5 Å². The lowest BCUT2D eigenvalue weighted by atomic mass is 10.2. The van der Waals surface area contributed by atoms with Gasteiger partial charge in [0.05, 0.1) is 9.13 Å². The number of thioether (sulfide) groups is 2. The quantitative estimate of drug-likeness (QED) is 0.589. The molecule has 0 aliphatic rings. The van der Waals surface area contributed by atoms with E-state index >= 15 is 0 Å². The summed E-state index contributed by atoms with van der Waals surface area (Å²) in [4.78, 5) is 12.2. The lowest BCUT2D eigenvalue weighted by Crippen LogP contribution is -2.28. The van der Waals surface area contributed by atoms with E-state index in [0.717, 1.165) is 0 Å². The number of carbonyl (C=O) groups is 1. The summed E-state index contributed by atoms with van der Waals surface area (Å²) in [7, 11) is -3.93. The predicted octanol–water partition coefficient (Wildman–Crippen LogP) is 3.70. The fourth-order valence-corrected chi connectivity index (χ4v) is 5.21. The fourth-order valence-electron chi connectivity index (χ4n) is 1.61. The van der Waals surface area contributed by atoms with Gasteiger partial charge in [0.1, 0.15) is 5.60 Å². The van der Waals surface area contributed by atoms with E-state index in [2.05, 4.69) is 0 Å². The van der Waals surface area contributed by atoms with Gasteiger partial charge in [-0.3, -0.25) is 0 Å². The van der Waals surface area contributed by atoms with Crippen LogP contribution in [0.2, 0.25) is 0 Å². The van der Waals surface area contributed by atoms with Gasteiger partial charge in [0.2, 0.25) is 9.84 Å². The highest BCUT2D eigenvalue weighted by molar-refractivity contribution is 8.22. The number of hydrogen-bond acceptors (Lipinski definition) is 6. The summed E-state index contributed by atoms with van der Waals surface area (Å²) in [5, 5.41) is 0. The summed E-state index contributed by atoms with van der Waals surface area (Å²) in [6, 6.07) is 7.91. The summed E-state index contributed by atoms with van der Waals surface area (Å²) >= 11 is 2.43. The third-order valence-electron chi connectivity index (χ3n) is 2.46. The molecule has 0 atom stereocenters. The Kier molecular flexibility index (Phi) is 6.58. The second-order valence-electron chi connectivity index (χ2n) is 5.34. The first kappa shape index (κ1) is 19.1. The molecule has 0 heterocycles. The molecule has 4 nitrogen and oxygen atoms in total. The van der Waals surface area contributed by atoms with Crippen LogP contribution in [0.5, 0.6) is 0 Å². The van der Waals surface area contributed by atoms with Gasteiger partial charge in [0.25, 0.3) is 0 Å². The normalized spacial score (nSPS) is 11.9. The van der Waals surface area contributed by atoms with E-state index in [1.807, 2.05) is 0 Å². The van der Waals surface area contributed by atoms with Crippen LogP contribution < -0.4 is 0 Å². The Morgan fingerprint density at radius 1 is 1.05 bits per heavy atom. The highest BCUT2D eigenvalue weighted by Gasteiger charge is 2.34. The Morgan fingerprint density at radius 2 is 1.55 bits per heavy atom. The standard InChI is InChI=1S/C15H20O4S3/c1-15(2,3)19-13(16)12(14(20-4)21-5)22(17,18)11-9-7-6-8-10-11/h6-10H,1-5H3. The first-order chi connectivity index (χ1) is 10.1. The third-order valence-corrected chi connectivity index (χ3v) is 6.67. The Labute approximate surface area is 140 Å². The minimum atomic E-state index is -3.93. The summed E-state index contributed by atoms with van der Waals surface area (Å²) in [6.07, 6.45) is 3.47. The molecule has 0 unspecified atom stereocenters. The smallest absolute Gasteiger partial charge is 0.352 e. The highest BCUT2D eigenvalue weighted by atomic mass is 32.2. The maximum absolute atomic E-state index is 12.8. The molecule has 0 radical (unpaired) electrons. The maximum atomic E-state index is 12.8. The van der Waals surface area contributed by atoms with Crippen molar-refractivity contribution in [1.82, 2.24) is 0 Å². The Balaban J connectivity index is 3.47. The second-order valence-corrected chi connectivity index (χ2v) is 9.12. The number of benzene rings is 1. The molecule has 1 rings (SSSR count). The summed E-state index contributed by atoms with van der Waals surface area (Å²) in [5.41, 5.74) is -0.767. The number of carbonyl (C=O) groups excluding carboxylic acids is 1. The van der Waals surface area contributed by atoms with Gasteiger partial charge in [-0.05, 0) is 45.4 Å². The van der Waals surface area contributed by atoms with E-state index in [1.165, 1.54) is 35.7 Å². The van der Waals surface area contributed by atoms with Gasteiger partial charge in [0, 0.05) is 0 Å². The lowest BCUT2D eigenvalue weighted by molar-refractivity contribution is -0.148. The van der Waals surface area contributed by atoms with Crippen molar-refractivity contribution < 1.29 is 17.9 Å². The van der Waals surface area contributed by atoms with Crippen LogP contribution in [0.1, 0.15) is 20.8 Å². The van der Waals surface area contributed by atoms with E-state index in [4.69, 9.17) is 4.74 Å². The van der Waals surface area contributed by atoms with Crippen molar-refractivity contribution in [3.05, 3.63) is 39.5 Å². The molecule has 1 aromatic rings. The van der Waals surface area contributed by atoms with E-state index in [-0.39, 0.29) is 9.80 Å². The molecule has 0 aromatic heterocycles. The van der Waals surface area contributed by atoms with Gasteiger partial charge in [-0.15, -0.1) is 23.5 Å². The largest absolute Gasteiger partial charge is 0.456 e. The van der Waals surface area contributed by atoms with Crippen molar-refractivity contribution in [2.24, 2.45) is 0 Å². The summed E-state index contributed by atoms with van der Waals surface area (Å²) < 4.78 is 31.4. The zero-order chi connectivity index (χ0) is 17.0. The van der Waals surface area contributed by atoms with Crippen molar-refractivity contribution in [1.29, 1.82) is 0 Å². The molecule has 0 amide bonds. The van der Waals surface area contributed by atoms with E-state index < -0.39 is 21.4 Å². The van der Waals surface area contributed by atoms with Crippen LogP contribution >= 0.6 is 23.5 Å². The van der Waals surface area contributed by atoms with Crippen LogP contribution in [0.3, 0.4) is 0 Å². The van der Waals surface area contributed by atoms with Crippen molar-refractivity contribution in [3.63, 3.8) is 0 Å². The molecule has 0 saturated heterocycles. The molecule has 0 N–H and O–H groups in total. The first-order valence-electron chi connectivity index (χ1n) is 6.49. The summed E-state index contributed by atoms with van der Waals surface area (Å²) in [5.74, 6) is -0.824. The summed E-state index contributed by atoms with van der Waals surface area (Å²) in [6.45, 7) is 5.11. The van der Waals surface area contributed by atoms with E-state index in [0.29, 0.717) is 4.24 Å². The first-order valence-corrected chi connectivity index (χ1v) is 10.4. The highest BCUT2D eigenvalue weighted by Crippen LogP contribution is 2.34. The maximum Gasteiger partial charge on any atom is 0.352 e. The molecule has 122 valence electrons. The molecule has 0 aliphatic carbocycles. The number of ether oxygens (including phenoxy) is 1. The molecular weight excluding hydrogens is 340 g/mol.